The molecule has 1 aliphatic heterocycles. The highest BCUT2D eigenvalue weighted by Gasteiger charge is 2.37. The molecule has 0 spiro atoms. The minimum atomic E-state index is -0.552. The van der Waals surface area contributed by atoms with Gasteiger partial charge in [0.1, 0.15) is 11.6 Å². The zero-order valence-corrected chi connectivity index (χ0v) is 24.0. The summed E-state index contributed by atoms with van der Waals surface area (Å²) in [5.41, 5.74) is 3.23. The van der Waals surface area contributed by atoms with Gasteiger partial charge in [-0.3, -0.25) is 19.4 Å². The Morgan fingerprint density at radius 3 is 2.35 bits per heavy atom. The van der Waals surface area contributed by atoms with Crippen molar-refractivity contribution in [3.63, 3.8) is 0 Å². The second-order valence-corrected chi connectivity index (χ2v) is 12.8. The van der Waals surface area contributed by atoms with Gasteiger partial charge in [-0.15, -0.1) is 0 Å². The van der Waals surface area contributed by atoms with Crippen LogP contribution in [-0.2, 0) is 11.2 Å². The van der Waals surface area contributed by atoms with Gasteiger partial charge >= 0.3 is 0 Å². The molecule has 0 radical (unpaired) electrons. The number of thioether (sulfide) groups is 1. The molecule has 2 heterocycles. The number of amides is 1. The zero-order chi connectivity index (χ0) is 28.4. The largest absolute Gasteiger partial charge is 0.507 e. The maximum Gasteiger partial charge on any atom is 0.251 e. The number of fused-ring (bicyclic) bond motifs is 1. The Bertz CT molecular complexity index is 1320. The average Bonchev–Trinajstić information content (AvgIpc) is 3.00. The van der Waals surface area contributed by atoms with Gasteiger partial charge in [-0.05, 0) is 124 Å². The Balaban J connectivity index is 1.35. The predicted molar refractivity (Wildman–Crippen MR) is 154 cm³/mol. The summed E-state index contributed by atoms with van der Waals surface area (Å²) in [6.07, 6.45) is 8.46. The van der Waals surface area contributed by atoms with E-state index >= 15 is 0 Å². The van der Waals surface area contributed by atoms with Crippen LogP contribution in [-0.4, -0.2) is 45.1 Å². The van der Waals surface area contributed by atoms with Gasteiger partial charge in [0.25, 0.3) is 5.91 Å². The van der Waals surface area contributed by atoms with Crippen molar-refractivity contribution in [2.24, 2.45) is 17.8 Å². The number of pyridine rings is 1. The van der Waals surface area contributed by atoms with Gasteiger partial charge in [0.2, 0.25) is 0 Å². The molecule has 6 nitrogen and oxygen atoms in total. The fourth-order valence-electron chi connectivity index (χ4n) is 6.60. The number of ketones is 2. The fraction of sp³-hybridized carbons (Fsp3) is 0.500. The number of carbonyl (C=O) groups excluding carboxylic acids is 3. The van der Waals surface area contributed by atoms with E-state index in [-0.39, 0.29) is 52.6 Å². The van der Waals surface area contributed by atoms with Crippen LogP contribution in [0.5, 0.6) is 5.75 Å². The maximum absolute atomic E-state index is 14.1. The van der Waals surface area contributed by atoms with Gasteiger partial charge in [-0.1, -0.05) is 0 Å². The fourth-order valence-corrected chi connectivity index (χ4v) is 7.74. The number of phenolic OH excluding ortho intramolecular Hbond substituents is 1. The standard InChI is InChI=1S/C32H37FN2O4S/c1-18-13-22(14-19(2)30(18)37)32(39)35-24-5-3-20(4-6-24)26-16-29(36)27-15-23(33)17-34-28(27)8-7-25(31(26)38)21-9-11-40-12-10-21/h13-17,20-21,24-25,37H,3-12H2,1-2H3,(H,35,39). The van der Waals surface area contributed by atoms with Crippen molar-refractivity contribution in [1.82, 2.24) is 10.3 Å². The number of nitrogens with one attached hydrogen (secondary N) is 1. The van der Waals surface area contributed by atoms with E-state index in [1.54, 1.807) is 26.0 Å². The SMILES string of the molecule is Cc1cc(C(=O)NC2CCC(C3=CC(=O)c4cc(F)cnc4CCC(C4CCSCC4)C3=O)CC2)cc(C)c1O. The molecule has 1 aromatic carbocycles. The van der Waals surface area contributed by atoms with Crippen LogP contribution in [0.25, 0.3) is 0 Å². The number of hydrogen-bond donors (Lipinski definition) is 2. The highest BCUT2D eigenvalue weighted by Crippen LogP contribution is 2.39. The number of hydrogen-bond acceptors (Lipinski definition) is 6. The van der Waals surface area contributed by atoms with Crippen LogP contribution in [0, 0.1) is 37.4 Å². The van der Waals surface area contributed by atoms with Crippen LogP contribution in [0.4, 0.5) is 4.39 Å². The number of Topliss-reactive ketones (excluding diaryl/α,β-unsaturated/α-hetero) is 1. The van der Waals surface area contributed by atoms with Gasteiger partial charge in [0.05, 0.1) is 11.9 Å². The first-order chi connectivity index (χ1) is 19.2. The maximum atomic E-state index is 14.1. The van der Waals surface area contributed by atoms with Gasteiger partial charge in [-0.25, -0.2) is 4.39 Å². The number of halogens is 1. The Morgan fingerprint density at radius 1 is 1.00 bits per heavy atom. The number of aromatic hydroxyl groups is 1. The van der Waals surface area contributed by atoms with E-state index in [4.69, 9.17) is 0 Å². The van der Waals surface area contributed by atoms with Gasteiger partial charge < -0.3 is 10.4 Å². The summed E-state index contributed by atoms with van der Waals surface area (Å²) in [7, 11) is 0. The van der Waals surface area contributed by atoms with Crippen molar-refractivity contribution < 1.29 is 23.9 Å². The summed E-state index contributed by atoms with van der Waals surface area (Å²) in [5, 5.41) is 13.2. The highest BCUT2D eigenvalue weighted by molar-refractivity contribution is 7.99. The van der Waals surface area contributed by atoms with Gasteiger partial charge in [0.15, 0.2) is 11.6 Å². The highest BCUT2D eigenvalue weighted by atomic mass is 32.2. The first-order valence-corrected chi connectivity index (χ1v) is 15.5. The van der Waals surface area contributed by atoms with Crippen molar-refractivity contribution in [3.8, 4) is 5.75 Å². The van der Waals surface area contributed by atoms with E-state index in [2.05, 4.69) is 10.3 Å². The number of carbonyl (C=O) groups is 3. The van der Waals surface area contributed by atoms with E-state index < -0.39 is 5.82 Å². The summed E-state index contributed by atoms with van der Waals surface area (Å²) >= 11 is 1.92. The number of benzene rings is 1. The molecule has 2 N–H and O–H groups in total. The summed E-state index contributed by atoms with van der Waals surface area (Å²) < 4.78 is 14.1. The summed E-state index contributed by atoms with van der Waals surface area (Å²) in [5.74, 6) is 1.30. The molecule has 3 aliphatic rings. The normalized spacial score (nSPS) is 24.4. The number of aromatic nitrogens is 1. The Kier molecular flexibility index (Phi) is 8.74. The minimum absolute atomic E-state index is 0.0360. The quantitative estimate of drug-likeness (QED) is 0.479. The van der Waals surface area contributed by atoms with Gasteiger partial charge in [0, 0.05) is 28.7 Å². The number of rotatable bonds is 4. The molecule has 1 amide bonds. The van der Waals surface area contributed by atoms with Gasteiger partial charge in [-0.2, -0.15) is 11.8 Å². The molecule has 2 aromatic rings. The number of phenols is 1. The van der Waals surface area contributed by atoms with Crippen LogP contribution in [0.3, 0.4) is 0 Å². The molecule has 1 unspecified atom stereocenters. The van der Waals surface area contributed by atoms with E-state index in [9.17, 15) is 23.9 Å². The Labute approximate surface area is 239 Å². The lowest BCUT2D eigenvalue weighted by atomic mass is 9.73. The van der Waals surface area contributed by atoms with E-state index in [0.29, 0.717) is 66.5 Å². The lowest BCUT2D eigenvalue weighted by Gasteiger charge is -2.34. The van der Waals surface area contributed by atoms with Crippen LogP contribution in [0.1, 0.15) is 82.5 Å². The molecule has 40 heavy (non-hydrogen) atoms. The van der Waals surface area contributed by atoms with Crippen LogP contribution >= 0.6 is 11.8 Å². The predicted octanol–water partition coefficient (Wildman–Crippen LogP) is 5.92. The van der Waals surface area contributed by atoms with Crippen molar-refractivity contribution in [1.29, 1.82) is 0 Å². The first kappa shape index (κ1) is 28.5. The average molecular weight is 565 g/mol. The van der Waals surface area contributed by atoms with Crippen LogP contribution in [0.2, 0.25) is 0 Å². The van der Waals surface area contributed by atoms with E-state index in [1.165, 1.54) is 12.1 Å². The lowest BCUT2D eigenvalue weighted by Crippen LogP contribution is -2.39. The third kappa shape index (κ3) is 6.17. The van der Waals surface area contributed by atoms with Crippen LogP contribution < -0.4 is 5.32 Å². The van der Waals surface area contributed by atoms with Crippen LogP contribution in [0.15, 0.2) is 36.0 Å². The molecule has 212 valence electrons. The first-order valence-electron chi connectivity index (χ1n) is 14.3. The Morgan fingerprint density at radius 2 is 1.68 bits per heavy atom. The zero-order valence-electron chi connectivity index (χ0n) is 23.2. The number of aryl methyl sites for hydroxylation is 3. The van der Waals surface area contributed by atoms with Crippen molar-refractivity contribution in [3.05, 3.63) is 69.8 Å². The lowest BCUT2D eigenvalue weighted by molar-refractivity contribution is -0.121. The van der Waals surface area contributed by atoms with Crippen molar-refractivity contribution in [2.75, 3.05) is 11.5 Å². The second-order valence-electron chi connectivity index (χ2n) is 11.6. The molecule has 8 heteroatoms. The van der Waals surface area contributed by atoms with E-state index in [1.807, 2.05) is 11.8 Å². The number of allylic oxidation sites excluding steroid dienone is 2. The molecule has 1 aromatic heterocycles. The smallest absolute Gasteiger partial charge is 0.251 e. The van der Waals surface area contributed by atoms with Crippen molar-refractivity contribution >= 4 is 29.2 Å². The van der Waals surface area contributed by atoms with E-state index in [0.717, 1.165) is 30.5 Å². The third-order valence-electron chi connectivity index (χ3n) is 8.89. The molecule has 1 saturated heterocycles. The Hall–Kier alpha value is -3.00. The third-order valence-corrected chi connectivity index (χ3v) is 9.94. The summed E-state index contributed by atoms with van der Waals surface area (Å²) in [4.78, 5) is 44.7. The molecule has 0 bridgehead atoms. The second kappa shape index (κ2) is 12.2. The summed E-state index contributed by atoms with van der Waals surface area (Å²) in [6, 6.07) is 4.59. The molecule has 2 fully saturated rings. The molecule has 2 aliphatic carbocycles. The monoisotopic (exact) mass is 564 g/mol. The number of nitrogens with zero attached hydrogens (tertiary/aromatic N) is 1. The molecule has 1 saturated carbocycles. The topological polar surface area (TPSA) is 96.4 Å². The summed E-state index contributed by atoms with van der Waals surface area (Å²) in [6.45, 7) is 3.55. The molecular formula is C32H37FN2O4S. The molecule has 1 atom stereocenters. The molecular weight excluding hydrogens is 527 g/mol. The molecule has 5 rings (SSSR count). The minimum Gasteiger partial charge on any atom is -0.507 e. The van der Waals surface area contributed by atoms with Crippen molar-refractivity contribution in [2.45, 2.75) is 71.3 Å².